The summed E-state index contributed by atoms with van der Waals surface area (Å²) in [5.74, 6) is -0.693. The molecule has 0 bridgehead atoms. The Balaban J connectivity index is 1.72. The van der Waals surface area contributed by atoms with Crippen LogP contribution in [-0.4, -0.2) is 23.7 Å². The largest absolute Gasteiger partial charge is 0.483 e. The van der Waals surface area contributed by atoms with Crippen molar-refractivity contribution in [3.63, 3.8) is 0 Å². The minimum absolute atomic E-state index is 0.116. The molecule has 3 rings (SSSR count). The number of halogens is 3. The monoisotopic (exact) mass is 409 g/mol. The lowest BCUT2D eigenvalue weighted by atomic mass is 10.2. The van der Waals surface area contributed by atoms with E-state index in [9.17, 15) is 18.0 Å². The quantitative estimate of drug-likeness (QED) is 0.648. The van der Waals surface area contributed by atoms with E-state index in [1.807, 2.05) is 16.8 Å². The summed E-state index contributed by atoms with van der Waals surface area (Å²) < 4.78 is 41.4. The van der Waals surface area contributed by atoms with Crippen molar-refractivity contribution >= 4 is 34.3 Å². The van der Waals surface area contributed by atoms with Crippen molar-refractivity contribution in [1.29, 1.82) is 5.26 Å². The fraction of sp³-hybridized carbons (Fsp3) is 0.118. The van der Waals surface area contributed by atoms with E-state index in [4.69, 9.17) is 5.26 Å². The molecule has 0 atom stereocenters. The van der Waals surface area contributed by atoms with Crippen LogP contribution in [0.3, 0.4) is 0 Å². The van der Waals surface area contributed by atoms with Crippen molar-refractivity contribution in [3.8, 4) is 22.4 Å². The number of nitrogens with zero attached hydrogens (tertiary/aromatic N) is 2. The molecule has 2 heterocycles. The zero-order valence-corrected chi connectivity index (χ0v) is 15.0. The molecule has 1 N–H and O–H groups in total. The van der Waals surface area contributed by atoms with Gasteiger partial charge in [0.2, 0.25) is 0 Å². The van der Waals surface area contributed by atoms with Crippen molar-refractivity contribution < 1.29 is 22.7 Å². The summed E-state index contributed by atoms with van der Waals surface area (Å²) in [6.45, 7) is -1.50. The fourth-order valence-corrected chi connectivity index (χ4v) is 3.58. The molecule has 0 aliphatic rings. The van der Waals surface area contributed by atoms with Crippen LogP contribution in [0.2, 0.25) is 0 Å². The Morgan fingerprint density at radius 3 is 2.78 bits per heavy atom. The average molecular weight is 409 g/mol. The maximum atomic E-state index is 12.3. The molecule has 1 aromatic carbocycles. The number of carbonyl (C=O) groups is 1. The maximum absolute atomic E-state index is 12.3. The standard InChI is InChI=1S/C17H10F3N3O2S2/c18-17(19,20)9-25-14-2-1-12(5-11(14)6-21)22-15(24)13-8-27-16(23-13)10-3-4-26-7-10/h1-5,7-8H,9H2,(H,22,24). The lowest BCUT2D eigenvalue weighted by Crippen LogP contribution is -2.19. The fourth-order valence-electron chi connectivity index (χ4n) is 2.07. The van der Waals surface area contributed by atoms with Gasteiger partial charge in [0.1, 0.15) is 22.5 Å². The number of anilines is 1. The van der Waals surface area contributed by atoms with Crippen molar-refractivity contribution in [2.24, 2.45) is 0 Å². The minimum Gasteiger partial charge on any atom is -0.483 e. The number of nitrogens with one attached hydrogen (secondary N) is 1. The van der Waals surface area contributed by atoms with Gasteiger partial charge < -0.3 is 10.1 Å². The second-order valence-electron chi connectivity index (χ2n) is 5.23. The Labute approximate surface area is 159 Å². The number of hydrogen-bond acceptors (Lipinski definition) is 6. The molecular weight excluding hydrogens is 399 g/mol. The van der Waals surface area contributed by atoms with Gasteiger partial charge in [0.05, 0.1) is 5.56 Å². The van der Waals surface area contributed by atoms with E-state index in [1.165, 1.54) is 40.9 Å². The van der Waals surface area contributed by atoms with Crippen molar-refractivity contribution in [2.75, 3.05) is 11.9 Å². The van der Waals surface area contributed by atoms with Crippen molar-refractivity contribution in [2.45, 2.75) is 6.18 Å². The lowest BCUT2D eigenvalue weighted by molar-refractivity contribution is -0.153. The van der Waals surface area contributed by atoms with Gasteiger partial charge in [0.15, 0.2) is 6.61 Å². The molecule has 2 aromatic heterocycles. The highest BCUT2D eigenvalue weighted by molar-refractivity contribution is 7.14. The predicted octanol–water partition coefficient (Wildman–Crippen LogP) is 4.94. The summed E-state index contributed by atoms with van der Waals surface area (Å²) in [4.78, 5) is 16.6. The smallest absolute Gasteiger partial charge is 0.422 e. The molecule has 138 valence electrons. The zero-order valence-electron chi connectivity index (χ0n) is 13.4. The van der Waals surface area contributed by atoms with Crippen LogP contribution in [0.4, 0.5) is 18.9 Å². The number of thiazole rings is 1. The molecule has 0 saturated carbocycles. The van der Waals surface area contributed by atoms with E-state index in [0.29, 0.717) is 5.01 Å². The summed E-state index contributed by atoms with van der Waals surface area (Å²) in [6, 6.07) is 7.45. The molecule has 0 unspecified atom stereocenters. The number of thiophene rings is 1. The minimum atomic E-state index is -4.51. The summed E-state index contributed by atoms with van der Waals surface area (Å²) >= 11 is 2.84. The Kier molecular flexibility index (Phi) is 5.43. The highest BCUT2D eigenvalue weighted by Crippen LogP contribution is 2.27. The Morgan fingerprint density at radius 2 is 2.11 bits per heavy atom. The lowest BCUT2D eigenvalue weighted by Gasteiger charge is -2.11. The SMILES string of the molecule is N#Cc1cc(NC(=O)c2csc(-c3ccsc3)n2)ccc1OCC(F)(F)F. The Hall–Kier alpha value is -2.90. The van der Waals surface area contributed by atoms with Crippen LogP contribution in [0.5, 0.6) is 5.75 Å². The number of hydrogen-bond donors (Lipinski definition) is 1. The first-order valence-electron chi connectivity index (χ1n) is 7.39. The maximum Gasteiger partial charge on any atom is 0.422 e. The third kappa shape index (κ3) is 4.84. The molecular formula is C17H10F3N3O2S2. The van der Waals surface area contributed by atoms with Gasteiger partial charge in [-0.3, -0.25) is 4.79 Å². The van der Waals surface area contributed by atoms with Gasteiger partial charge in [-0.15, -0.1) is 11.3 Å². The van der Waals surface area contributed by atoms with Gasteiger partial charge in [-0.05, 0) is 29.6 Å². The molecule has 1 amide bonds. The zero-order chi connectivity index (χ0) is 19.4. The average Bonchev–Trinajstić information content (AvgIpc) is 3.30. The summed E-state index contributed by atoms with van der Waals surface area (Å²) in [6.07, 6.45) is -4.51. The van der Waals surface area contributed by atoms with Crippen LogP contribution in [-0.2, 0) is 0 Å². The normalized spacial score (nSPS) is 11.0. The number of amides is 1. The summed E-state index contributed by atoms with van der Waals surface area (Å²) in [5, 5.41) is 17.8. The van der Waals surface area contributed by atoms with Gasteiger partial charge >= 0.3 is 6.18 Å². The van der Waals surface area contributed by atoms with Crippen LogP contribution in [0, 0.1) is 11.3 Å². The first kappa shape index (κ1) is 18.9. The van der Waals surface area contributed by atoms with Crippen LogP contribution in [0.1, 0.15) is 16.1 Å². The Morgan fingerprint density at radius 1 is 1.30 bits per heavy atom. The number of carbonyl (C=O) groups excluding carboxylic acids is 1. The van der Waals surface area contributed by atoms with E-state index in [0.717, 1.165) is 5.56 Å². The number of benzene rings is 1. The number of ether oxygens (including phenoxy) is 1. The predicted molar refractivity (Wildman–Crippen MR) is 96.1 cm³/mol. The molecule has 0 spiro atoms. The first-order chi connectivity index (χ1) is 12.9. The number of rotatable bonds is 5. The van der Waals surface area contributed by atoms with Crippen molar-refractivity contribution in [3.05, 3.63) is 51.7 Å². The summed E-state index contributed by atoms with van der Waals surface area (Å²) in [5.41, 5.74) is 1.26. The van der Waals surface area contributed by atoms with Crippen LogP contribution < -0.4 is 10.1 Å². The highest BCUT2D eigenvalue weighted by atomic mass is 32.1. The molecule has 27 heavy (non-hydrogen) atoms. The molecule has 0 aliphatic carbocycles. The molecule has 3 aromatic rings. The molecule has 10 heteroatoms. The van der Waals surface area contributed by atoms with Crippen LogP contribution in [0.15, 0.2) is 40.4 Å². The second-order valence-corrected chi connectivity index (χ2v) is 6.87. The highest BCUT2D eigenvalue weighted by Gasteiger charge is 2.29. The van der Waals surface area contributed by atoms with Gasteiger partial charge in [-0.25, -0.2) is 4.98 Å². The van der Waals surface area contributed by atoms with Gasteiger partial charge in [0, 0.05) is 22.0 Å². The van der Waals surface area contributed by atoms with E-state index in [2.05, 4.69) is 15.0 Å². The van der Waals surface area contributed by atoms with Gasteiger partial charge in [-0.1, -0.05) is 0 Å². The van der Waals surface area contributed by atoms with E-state index < -0.39 is 18.7 Å². The van der Waals surface area contributed by atoms with Crippen LogP contribution in [0.25, 0.3) is 10.6 Å². The number of nitriles is 1. The van der Waals surface area contributed by atoms with Gasteiger partial charge in [0.25, 0.3) is 5.91 Å². The molecule has 0 saturated heterocycles. The van der Waals surface area contributed by atoms with Crippen molar-refractivity contribution in [1.82, 2.24) is 4.98 Å². The topological polar surface area (TPSA) is 75.0 Å². The second kappa shape index (κ2) is 7.77. The van der Waals surface area contributed by atoms with Gasteiger partial charge in [-0.2, -0.15) is 29.8 Å². The number of alkyl halides is 3. The third-order valence-corrected chi connectivity index (χ3v) is 4.83. The molecule has 0 radical (unpaired) electrons. The first-order valence-corrected chi connectivity index (χ1v) is 9.21. The molecule has 0 aliphatic heterocycles. The van der Waals surface area contributed by atoms with Crippen LogP contribution >= 0.6 is 22.7 Å². The Bertz CT molecular complexity index is 992. The summed E-state index contributed by atoms with van der Waals surface area (Å²) in [7, 11) is 0. The van der Waals surface area contributed by atoms with E-state index in [-0.39, 0.29) is 22.7 Å². The molecule has 5 nitrogen and oxygen atoms in total. The number of aromatic nitrogens is 1. The van der Waals surface area contributed by atoms with E-state index in [1.54, 1.807) is 11.4 Å². The van der Waals surface area contributed by atoms with E-state index >= 15 is 0 Å². The third-order valence-electron chi connectivity index (χ3n) is 3.25. The molecule has 0 fully saturated rings.